The van der Waals surface area contributed by atoms with Crippen molar-refractivity contribution < 1.29 is 5.11 Å². The molecule has 4 heteroatoms. The van der Waals surface area contributed by atoms with E-state index in [2.05, 4.69) is 36.4 Å². The van der Waals surface area contributed by atoms with Crippen molar-refractivity contribution in [2.75, 3.05) is 0 Å². The summed E-state index contributed by atoms with van der Waals surface area (Å²) in [5.41, 5.74) is 5.61. The monoisotopic (exact) mass is 310 g/mol. The molecule has 0 radical (unpaired) electrons. The maximum atomic E-state index is 9.38. The van der Waals surface area contributed by atoms with Gasteiger partial charge in [0.15, 0.2) is 0 Å². The summed E-state index contributed by atoms with van der Waals surface area (Å²) in [4.78, 5) is 4.75. The zero-order chi connectivity index (χ0) is 15.7. The van der Waals surface area contributed by atoms with Gasteiger partial charge in [-0.05, 0) is 44.2 Å². The summed E-state index contributed by atoms with van der Waals surface area (Å²) >= 11 is 1.62. The fourth-order valence-electron chi connectivity index (χ4n) is 2.60. The molecule has 2 aromatic heterocycles. The summed E-state index contributed by atoms with van der Waals surface area (Å²) in [6, 6.07) is 9.32. The summed E-state index contributed by atoms with van der Waals surface area (Å²) in [5, 5.41) is 12.4. The number of benzene rings is 1. The Bertz CT molecular complexity index is 812. The third-order valence-electron chi connectivity index (χ3n) is 3.78. The zero-order valence-corrected chi connectivity index (χ0v) is 13.5. The highest BCUT2D eigenvalue weighted by atomic mass is 32.1. The van der Waals surface area contributed by atoms with Crippen molar-refractivity contribution in [3.05, 3.63) is 59.8 Å². The Morgan fingerprint density at radius 1 is 1.27 bits per heavy atom. The summed E-state index contributed by atoms with van der Waals surface area (Å²) < 4.78 is 2.24. The quantitative estimate of drug-likeness (QED) is 0.704. The van der Waals surface area contributed by atoms with Crippen LogP contribution in [0.4, 0.5) is 0 Å². The molecule has 0 saturated heterocycles. The fourth-order valence-corrected chi connectivity index (χ4v) is 3.43. The number of hydrogen-bond donors (Lipinski definition) is 1. The van der Waals surface area contributed by atoms with Gasteiger partial charge in [-0.3, -0.25) is 0 Å². The lowest BCUT2D eigenvalue weighted by Gasteiger charge is -2.05. The molecule has 0 saturated carbocycles. The van der Waals surface area contributed by atoms with Gasteiger partial charge in [-0.15, -0.1) is 17.9 Å². The van der Waals surface area contributed by atoms with Crippen molar-refractivity contribution in [2.24, 2.45) is 0 Å². The first kappa shape index (κ1) is 14.6. The van der Waals surface area contributed by atoms with E-state index in [1.54, 1.807) is 23.5 Å². The SMILES string of the molecule is C=CCn1c(C)cc(-c2csc(-c3ccc(O)cc3)n2)c1C. The highest BCUT2D eigenvalue weighted by molar-refractivity contribution is 7.13. The topological polar surface area (TPSA) is 38.0 Å². The number of aromatic hydroxyl groups is 1. The molecule has 0 spiro atoms. The standard InChI is InChI=1S/C18H18N2OS/c1-4-9-20-12(2)10-16(13(20)3)17-11-22-18(19-17)14-5-7-15(21)8-6-14/h4-8,10-11,21H,1,9H2,2-3H3. The normalized spacial score (nSPS) is 10.8. The van der Waals surface area contributed by atoms with Crippen LogP contribution in [0.2, 0.25) is 0 Å². The molecular formula is C18H18N2OS. The molecule has 0 aliphatic heterocycles. The molecule has 3 aromatic rings. The largest absolute Gasteiger partial charge is 0.508 e. The Balaban J connectivity index is 1.99. The molecule has 1 aromatic carbocycles. The van der Waals surface area contributed by atoms with Crippen LogP contribution in [0.1, 0.15) is 11.4 Å². The summed E-state index contributed by atoms with van der Waals surface area (Å²) in [6.45, 7) is 8.85. The molecule has 2 heterocycles. The average Bonchev–Trinajstić information content (AvgIpc) is 3.08. The number of hydrogen-bond acceptors (Lipinski definition) is 3. The maximum absolute atomic E-state index is 9.38. The lowest BCUT2D eigenvalue weighted by molar-refractivity contribution is 0.475. The van der Waals surface area contributed by atoms with E-state index < -0.39 is 0 Å². The second kappa shape index (κ2) is 5.81. The second-order valence-electron chi connectivity index (χ2n) is 5.27. The minimum atomic E-state index is 0.272. The molecule has 0 bridgehead atoms. The average molecular weight is 310 g/mol. The molecule has 0 unspecified atom stereocenters. The molecule has 0 aliphatic rings. The molecule has 3 nitrogen and oxygen atoms in total. The van der Waals surface area contributed by atoms with Crippen molar-refractivity contribution >= 4 is 11.3 Å². The van der Waals surface area contributed by atoms with Gasteiger partial charge in [-0.1, -0.05) is 6.08 Å². The van der Waals surface area contributed by atoms with Gasteiger partial charge < -0.3 is 9.67 Å². The lowest BCUT2D eigenvalue weighted by atomic mass is 10.2. The van der Waals surface area contributed by atoms with Gasteiger partial charge in [0.25, 0.3) is 0 Å². The van der Waals surface area contributed by atoms with Crippen LogP contribution < -0.4 is 0 Å². The Morgan fingerprint density at radius 2 is 2.00 bits per heavy atom. The second-order valence-corrected chi connectivity index (χ2v) is 6.13. The van der Waals surface area contributed by atoms with Crippen LogP contribution in [0.15, 0.2) is 48.4 Å². The van der Waals surface area contributed by atoms with E-state index in [0.29, 0.717) is 0 Å². The number of aryl methyl sites for hydroxylation is 1. The molecule has 0 aliphatic carbocycles. The van der Waals surface area contributed by atoms with Crippen LogP contribution >= 0.6 is 11.3 Å². The Morgan fingerprint density at radius 3 is 2.68 bits per heavy atom. The molecule has 0 fully saturated rings. The molecule has 22 heavy (non-hydrogen) atoms. The molecule has 0 atom stereocenters. The third-order valence-corrected chi connectivity index (χ3v) is 4.67. The lowest BCUT2D eigenvalue weighted by Crippen LogP contribution is -1.99. The number of phenolic OH excluding ortho intramolecular Hbond substituents is 1. The van der Waals surface area contributed by atoms with Crippen LogP contribution in [0.25, 0.3) is 21.8 Å². The maximum Gasteiger partial charge on any atom is 0.124 e. The van der Waals surface area contributed by atoms with Crippen LogP contribution in [-0.2, 0) is 6.54 Å². The van der Waals surface area contributed by atoms with Gasteiger partial charge in [0.05, 0.1) is 5.69 Å². The van der Waals surface area contributed by atoms with Gasteiger partial charge in [0.2, 0.25) is 0 Å². The van der Waals surface area contributed by atoms with Gasteiger partial charge in [-0.2, -0.15) is 0 Å². The van der Waals surface area contributed by atoms with E-state index in [4.69, 9.17) is 4.98 Å². The van der Waals surface area contributed by atoms with Crippen LogP contribution in [0, 0.1) is 13.8 Å². The highest BCUT2D eigenvalue weighted by Crippen LogP contribution is 2.32. The number of rotatable bonds is 4. The van der Waals surface area contributed by atoms with E-state index >= 15 is 0 Å². The zero-order valence-electron chi connectivity index (χ0n) is 12.7. The number of phenols is 1. The van der Waals surface area contributed by atoms with E-state index in [1.807, 2.05) is 18.2 Å². The van der Waals surface area contributed by atoms with Gasteiger partial charge in [-0.25, -0.2) is 4.98 Å². The minimum absolute atomic E-state index is 0.272. The van der Waals surface area contributed by atoms with Gasteiger partial charge >= 0.3 is 0 Å². The highest BCUT2D eigenvalue weighted by Gasteiger charge is 2.13. The van der Waals surface area contributed by atoms with Crippen molar-refractivity contribution in [3.63, 3.8) is 0 Å². The van der Waals surface area contributed by atoms with Crippen molar-refractivity contribution in [1.29, 1.82) is 0 Å². The Labute approximate surface area is 134 Å². The predicted molar refractivity (Wildman–Crippen MR) is 92.3 cm³/mol. The molecular weight excluding hydrogens is 292 g/mol. The molecule has 3 rings (SSSR count). The summed E-state index contributed by atoms with van der Waals surface area (Å²) in [6.07, 6.45) is 1.91. The van der Waals surface area contributed by atoms with Crippen molar-refractivity contribution in [2.45, 2.75) is 20.4 Å². The minimum Gasteiger partial charge on any atom is -0.508 e. The van der Waals surface area contributed by atoms with Crippen molar-refractivity contribution in [1.82, 2.24) is 9.55 Å². The number of allylic oxidation sites excluding steroid dienone is 1. The van der Waals surface area contributed by atoms with Crippen LogP contribution in [-0.4, -0.2) is 14.7 Å². The van der Waals surface area contributed by atoms with E-state index in [0.717, 1.165) is 22.8 Å². The molecule has 1 N–H and O–H groups in total. The number of nitrogens with zero attached hydrogens (tertiary/aromatic N) is 2. The van der Waals surface area contributed by atoms with E-state index in [9.17, 15) is 5.11 Å². The van der Waals surface area contributed by atoms with Crippen molar-refractivity contribution in [3.8, 4) is 27.6 Å². The summed E-state index contributed by atoms with van der Waals surface area (Å²) in [5.74, 6) is 0.272. The predicted octanol–water partition coefficient (Wildman–Crippen LogP) is 4.79. The van der Waals surface area contributed by atoms with Crippen LogP contribution in [0.3, 0.4) is 0 Å². The van der Waals surface area contributed by atoms with Gasteiger partial charge in [0, 0.05) is 34.4 Å². The first-order valence-corrected chi connectivity index (χ1v) is 8.01. The van der Waals surface area contributed by atoms with Crippen LogP contribution in [0.5, 0.6) is 5.75 Å². The summed E-state index contributed by atoms with van der Waals surface area (Å²) in [7, 11) is 0. The Kier molecular flexibility index (Phi) is 3.86. The number of thiazole rings is 1. The number of aromatic nitrogens is 2. The third kappa shape index (κ3) is 2.57. The molecule has 112 valence electrons. The van der Waals surface area contributed by atoms with E-state index in [1.165, 1.54) is 17.0 Å². The van der Waals surface area contributed by atoms with E-state index in [-0.39, 0.29) is 5.75 Å². The molecule has 0 amide bonds. The smallest absolute Gasteiger partial charge is 0.124 e. The fraction of sp³-hybridized carbons (Fsp3) is 0.167. The Hall–Kier alpha value is -2.33. The first-order valence-electron chi connectivity index (χ1n) is 7.13. The first-order chi connectivity index (χ1) is 10.6. The van der Waals surface area contributed by atoms with Gasteiger partial charge in [0.1, 0.15) is 10.8 Å².